The Balaban J connectivity index is 1.94. The number of phenols is 1. The first-order chi connectivity index (χ1) is 11.0. The van der Waals surface area contributed by atoms with Gasteiger partial charge in [-0.2, -0.15) is 5.10 Å². The molecule has 0 radical (unpaired) electrons. The van der Waals surface area contributed by atoms with Crippen molar-refractivity contribution in [3.8, 4) is 5.75 Å². The Bertz CT molecular complexity index is 960. The van der Waals surface area contributed by atoms with E-state index < -0.39 is 0 Å². The quantitative estimate of drug-likeness (QED) is 0.512. The number of aryl methyl sites for hydroxylation is 1. The van der Waals surface area contributed by atoms with Gasteiger partial charge in [0.2, 0.25) is 5.95 Å². The number of aromatic amines is 1. The van der Waals surface area contributed by atoms with Crippen LogP contribution in [0.4, 0.5) is 5.95 Å². The van der Waals surface area contributed by atoms with Crippen LogP contribution in [0.25, 0.3) is 10.8 Å². The maximum atomic E-state index is 11.4. The van der Waals surface area contributed by atoms with Crippen molar-refractivity contribution >= 4 is 22.4 Å². The molecule has 0 aliphatic carbocycles. The number of benzene rings is 2. The first-order valence-electron chi connectivity index (χ1n) is 7.14. The van der Waals surface area contributed by atoms with Gasteiger partial charge in [0.1, 0.15) is 5.75 Å². The van der Waals surface area contributed by atoms with E-state index in [1.165, 1.54) is 6.07 Å². The second-order valence-corrected chi connectivity index (χ2v) is 5.23. The molecule has 6 nitrogen and oxygen atoms in total. The van der Waals surface area contributed by atoms with Gasteiger partial charge in [0.15, 0.2) is 0 Å². The first-order valence-corrected chi connectivity index (χ1v) is 7.14. The summed E-state index contributed by atoms with van der Waals surface area (Å²) in [6.45, 7) is 3.50. The van der Waals surface area contributed by atoms with Crippen LogP contribution in [0.15, 0.2) is 52.4 Å². The number of rotatable bonds is 3. The van der Waals surface area contributed by atoms with E-state index in [-0.39, 0.29) is 17.3 Å². The summed E-state index contributed by atoms with van der Waals surface area (Å²) in [4.78, 5) is 18.1. The van der Waals surface area contributed by atoms with Crippen LogP contribution in [0.1, 0.15) is 18.2 Å². The first kappa shape index (κ1) is 14.8. The fourth-order valence-corrected chi connectivity index (χ4v) is 2.38. The third kappa shape index (κ3) is 3.06. The van der Waals surface area contributed by atoms with Crippen molar-refractivity contribution in [2.45, 2.75) is 13.8 Å². The molecule has 1 heterocycles. The van der Waals surface area contributed by atoms with Crippen LogP contribution in [-0.4, -0.2) is 20.8 Å². The minimum Gasteiger partial charge on any atom is -0.507 e. The molecule has 0 atom stereocenters. The average Bonchev–Trinajstić information content (AvgIpc) is 2.52. The summed E-state index contributed by atoms with van der Waals surface area (Å²) in [6, 6.07) is 12.7. The molecule has 0 aliphatic rings. The molecule has 0 amide bonds. The van der Waals surface area contributed by atoms with Gasteiger partial charge in [-0.25, -0.2) is 10.4 Å². The number of phenolic OH excluding ortho intramolecular Hbond substituents is 1. The van der Waals surface area contributed by atoms with Crippen molar-refractivity contribution in [2.75, 3.05) is 5.43 Å². The van der Waals surface area contributed by atoms with Gasteiger partial charge in [0.25, 0.3) is 5.56 Å². The normalized spacial score (nSPS) is 11.7. The standard InChI is InChI=1S/C17H16N4O2/c1-10-9-15(22)19-17(18-10)21-20-11(2)13-8-7-12-5-3-4-6-14(12)16(13)23/h3-9,23H,1-2H3,(H2,18,19,21,22)/b20-11+. The van der Waals surface area contributed by atoms with Gasteiger partial charge in [-0.05, 0) is 25.3 Å². The SMILES string of the molecule is C/C(=N\Nc1nc(C)cc(=O)[nH]1)c1ccc2ccccc2c1O. The lowest BCUT2D eigenvalue weighted by Gasteiger charge is -2.08. The fraction of sp³-hybridized carbons (Fsp3) is 0.118. The van der Waals surface area contributed by atoms with Crippen LogP contribution in [0.5, 0.6) is 5.75 Å². The highest BCUT2D eigenvalue weighted by Gasteiger charge is 2.09. The summed E-state index contributed by atoms with van der Waals surface area (Å²) in [5, 5.41) is 16.3. The van der Waals surface area contributed by atoms with Crippen molar-refractivity contribution in [2.24, 2.45) is 5.10 Å². The number of nitrogens with zero attached hydrogens (tertiary/aromatic N) is 2. The van der Waals surface area contributed by atoms with E-state index >= 15 is 0 Å². The van der Waals surface area contributed by atoms with Crippen LogP contribution < -0.4 is 11.0 Å². The van der Waals surface area contributed by atoms with Crippen molar-refractivity contribution in [1.82, 2.24) is 9.97 Å². The summed E-state index contributed by atoms with van der Waals surface area (Å²) in [5.41, 5.74) is 4.25. The van der Waals surface area contributed by atoms with E-state index in [1.807, 2.05) is 36.4 Å². The van der Waals surface area contributed by atoms with Gasteiger partial charge in [0.05, 0.1) is 5.71 Å². The fourth-order valence-electron chi connectivity index (χ4n) is 2.38. The molecule has 116 valence electrons. The van der Waals surface area contributed by atoms with Crippen LogP contribution in [0.3, 0.4) is 0 Å². The van der Waals surface area contributed by atoms with Crippen LogP contribution >= 0.6 is 0 Å². The number of hydrazone groups is 1. The van der Waals surface area contributed by atoms with Crippen molar-refractivity contribution in [3.63, 3.8) is 0 Å². The number of hydrogen-bond donors (Lipinski definition) is 3. The number of hydrogen-bond acceptors (Lipinski definition) is 5. The average molecular weight is 308 g/mol. The van der Waals surface area contributed by atoms with Gasteiger partial charge in [0, 0.05) is 22.7 Å². The lowest BCUT2D eigenvalue weighted by Crippen LogP contribution is -2.11. The number of H-pyrrole nitrogens is 1. The van der Waals surface area contributed by atoms with Crippen LogP contribution in [-0.2, 0) is 0 Å². The number of nitrogens with one attached hydrogen (secondary N) is 2. The van der Waals surface area contributed by atoms with Gasteiger partial charge in [-0.1, -0.05) is 30.3 Å². The molecular weight excluding hydrogens is 292 g/mol. The Morgan fingerprint density at radius 1 is 1.26 bits per heavy atom. The van der Waals surface area contributed by atoms with Crippen molar-refractivity contribution < 1.29 is 5.11 Å². The minimum absolute atomic E-state index is 0.178. The molecule has 0 saturated heterocycles. The highest BCUT2D eigenvalue weighted by atomic mass is 16.3. The molecule has 3 N–H and O–H groups in total. The van der Waals surface area contributed by atoms with Gasteiger partial charge in [-0.3, -0.25) is 9.78 Å². The molecule has 3 aromatic rings. The number of fused-ring (bicyclic) bond motifs is 1. The van der Waals surface area contributed by atoms with E-state index in [4.69, 9.17) is 0 Å². The maximum absolute atomic E-state index is 11.4. The molecule has 0 unspecified atom stereocenters. The van der Waals surface area contributed by atoms with E-state index in [1.54, 1.807) is 13.8 Å². The zero-order valence-electron chi connectivity index (χ0n) is 12.8. The summed E-state index contributed by atoms with van der Waals surface area (Å²) in [5.74, 6) is 0.437. The monoisotopic (exact) mass is 308 g/mol. The van der Waals surface area contributed by atoms with Gasteiger partial charge < -0.3 is 5.11 Å². The predicted octanol–water partition coefficient (Wildman–Crippen LogP) is 2.77. The third-order valence-electron chi connectivity index (χ3n) is 3.49. The zero-order chi connectivity index (χ0) is 16.4. The second kappa shape index (κ2) is 5.92. The van der Waals surface area contributed by atoms with E-state index in [2.05, 4.69) is 20.5 Å². The summed E-state index contributed by atoms with van der Waals surface area (Å²) in [6.07, 6.45) is 0. The molecule has 0 fully saturated rings. The Hall–Kier alpha value is -3.15. The highest BCUT2D eigenvalue weighted by Crippen LogP contribution is 2.28. The predicted molar refractivity (Wildman–Crippen MR) is 91.0 cm³/mol. The molecule has 2 aromatic carbocycles. The molecule has 0 bridgehead atoms. The van der Waals surface area contributed by atoms with Crippen molar-refractivity contribution in [3.05, 3.63) is 64.1 Å². The van der Waals surface area contributed by atoms with Gasteiger partial charge in [-0.15, -0.1) is 0 Å². The minimum atomic E-state index is -0.249. The lowest BCUT2D eigenvalue weighted by molar-refractivity contribution is 0.480. The largest absolute Gasteiger partial charge is 0.507 e. The molecule has 1 aromatic heterocycles. The van der Waals surface area contributed by atoms with E-state index in [0.717, 1.165) is 10.8 Å². The zero-order valence-corrected chi connectivity index (χ0v) is 12.8. The molecule has 23 heavy (non-hydrogen) atoms. The number of aromatic nitrogens is 2. The molecule has 0 saturated carbocycles. The summed E-state index contributed by atoms with van der Waals surface area (Å²) < 4.78 is 0. The van der Waals surface area contributed by atoms with Crippen molar-refractivity contribution in [1.29, 1.82) is 0 Å². The molecule has 6 heteroatoms. The molecule has 0 aliphatic heterocycles. The van der Waals surface area contributed by atoms with Crippen LogP contribution in [0, 0.1) is 6.92 Å². The van der Waals surface area contributed by atoms with E-state index in [9.17, 15) is 9.90 Å². The third-order valence-corrected chi connectivity index (χ3v) is 3.49. The van der Waals surface area contributed by atoms with E-state index in [0.29, 0.717) is 17.0 Å². The second-order valence-electron chi connectivity index (χ2n) is 5.23. The summed E-state index contributed by atoms with van der Waals surface area (Å²) in [7, 11) is 0. The topological polar surface area (TPSA) is 90.4 Å². The smallest absolute Gasteiger partial charge is 0.252 e. The number of aromatic hydroxyl groups is 1. The molecular formula is C17H16N4O2. The molecule has 0 spiro atoms. The maximum Gasteiger partial charge on any atom is 0.252 e. The van der Waals surface area contributed by atoms with Crippen LogP contribution in [0.2, 0.25) is 0 Å². The lowest BCUT2D eigenvalue weighted by atomic mass is 10.0. The Morgan fingerprint density at radius 3 is 2.83 bits per heavy atom. The number of anilines is 1. The molecule has 3 rings (SSSR count). The highest BCUT2D eigenvalue weighted by molar-refractivity contribution is 6.06. The Kier molecular flexibility index (Phi) is 3.80. The Morgan fingerprint density at radius 2 is 2.04 bits per heavy atom. The summed E-state index contributed by atoms with van der Waals surface area (Å²) >= 11 is 0. The Labute approximate surface area is 132 Å². The van der Waals surface area contributed by atoms with Gasteiger partial charge >= 0.3 is 0 Å².